The lowest BCUT2D eigenvalue weighted by atomic mass is 9.82. The van der Waals surface area contributed by atoms with Crippen molar-refractivity contribution in [1.29, 1.82) is 0 Å². The van der Waals surface area contributed by atoms with Crippen molar-refractivity contribution in [3.8, 4) is 0 Å². The summed E-state index contributed by atoms with van der Waals surface area (Å²) in [6, 6.07) is 7.10. The van der Waals surface area contributed by atoms with Crippen molar-refractivity contribution in [3.05, 3.63) is 29.8 Å². The third kappa shape index (κ3) is 3.09. The third-order valence-electron chi connectivity index (χ3n) is 5.25. The number of rotatable bonds is 4. The molecule has 1 saturated carbocycles. The summed E-state index contributed by atoms with van der Waals surface area (Å²) in [6.45, 7) is 2.51. The van der Waals surface area contributed by atoms with Crippen LogP contribution >= 0.6 is 0 Å². The van der Waals surface area contributed by atoms with Crippen molar-refractivity contribution in [2.24, 2.45) is 5.92 Å². The summed E-state index contributed by atoms with van der Waals surface area (Å²) < 4.78 is 28.0. The Kier molecular flexibility index (Phi) is 4.87. The van der Waals surface area contributed by atoms with E-state index in [2.05, 4.69) is 0 Å². The molecule has 0 radical (unpaired) electrons. The molecule has 1 aliphatic carbocycles. The Bertz CT molecular complexity index is 683. The van der Waals surface area contributed by atoms with Crippen LogP contribution < -0.4 is 0 Å². The molecule has 2 atom stereocenters. The fraction of sp³-hybridized carbons (Fsp3) is 0.611. The zero-order valence-electron chi connectivity index (χ0n) is 13.7. The smallest absolute Gasteiger partial charge is 0.243 e. The van der Waals surface area contributed by atoms with Gasteiger partial charge in [-0.25, -0.2) is 8.42 Å². The van der Waals surface area contributed by atoms with Crippen molar-refractivity contribution in [3.63, 3.8) is 0 Å². The van der Waals surface area contributed by atoms with Crippen molar-refractivity contribution in [2.45, 2.75) is 62.8 Å². The average molecular weight is 335 g/mol. The highest BCUT2D eigenvalue weighted by molar-refractivity contribution is 7.89. The summed E-state index contributed by atoms with van der Waals surface area (Å²) in [7, 11) is -3.52. The lowest BCUT2D eigenvalue weighted by Gasteiger charge is -2.32. The number of benzene rings is 1. The van der Waals surface area contributed by atoms with Crippen LogP contribution in [0.5, 0.6) is 0 Å². The molecule has 3 rings (SSSR count). The molecule has 4 nitrogen and oxygen atoms in total. The van der Waals surface area contributed by atoms with E-state index >= 15 is 0 Å². The Morgan fingerprint density at radius 3 is 2.65 bits per heavy atom. The molecule has 126 valence electrons. The normalized spacial score (nSPS) is 26.6. The first kappa shape index (κ1) is 16.7. The zero-order valence-corrected chi connectivity index (χ0v) is 14.5. The third-order valence-corrected chi connectivity index (χ3v) is 7.28. The molecule has 0 bridgehead atoms. The monoisotopic (exact) mass is 335 g/mol. The Labute approximate surface area is 138 Å². The number of hydrogen-bond acceptors (Lipinski definition) is 3. The van der Waals surface area contributed by atoms with E-state index in [4.69, 9.17) is 0 Å². The van der Waals surface area contributed by atoms with Crippen LogP contribution in [0.2, 0.25) is 0 Å². The van der Waals surface area contributed by atoms with E-state index in [1.54, 1.807) is 16.4 Å². The van der Waals surface area contributed by atoms with Gasteiger partial charge < -0.3 is 0 Å². The molecule has 1 aromatic carbocycles. The molecular weight excluding hydrogens is 310 g/mol. The van der Waals surface area contributed by atoms with E-state index in [-0.39, 0.29) is 17.7 Å². The molecule has 5 heteroatoms. The van der Waals surface area contributed by atoms with Crippen molar-refractivity contribution in [1.82, 2.24) is 4.31 Å². The van der Waals surface area contributed by atoms with E-state index in [9.17, 15) is 13.2 Å². The van der Waals surface area contributed by atoms with Crippen LogP contribution in [0.25, 0.3) is 0 Å². The molecule has 2 aliphatic rings. The number of carbonyl (C=O) groups excluding carboxylic acids is 1. The van der Waals surface area contributed by atoms with E-state index < -0.39 is 10.0 Å². The maximum Gasteiger partial charge on any atom is 0.243 e. The number of sulfonamides is 1. The SMILES string of the molecule is CCc1ccccc1S(=O)(=O)N1CCCC1C1CCCCC1=O. The van der Waals surface area contributed by atoms with Gasteiger partial charge in [-0.2, -0.15) is 4.31 Å². The summed E-state index contributed by atoms with van der Waals surface area (Å²) in [5.74, 6) is 0.155. The highest BCUT2D eigenvalue weighted by Crippen LogP contribution is 2.36. The first-order chi connectivity index (χ1) is 11.1. The van der Waals surface area contributed by atoms with E-state index in [0.717, 1.165) is 37.7 Å². The minimum absolute atomic E-state index is 0.102. The molecule has 2 unspecified atom stereocenters. The fourth-order valence-corrected chi connectivity index (χ4v) is 6.08. The molecular formula is C18H25NO3S. The molecule has 2 fully saturated rings. The molecule has 1 aliphatic heterocycles. The molecule has 0 spiro atoms. The largest absolute Gasteiger partial charge is 0.299 e. The lowest BCUT2D eigenvalue weighted by molar-refractivity contribution is -0.126. The average Bonchev–Trinajstić information content (AvgIpc) is 3.05. The highest BCUT2D eigenvalue weighted by Gasteiger charge is 2.42. The molecule has 0 amide bonds. The summed E-state index contributed by atoms with van der Waals surface area (Å²) in [6.07, 6.45) is 5.79. The van der Waals surface area contributed by atoms with Gasteiger partial charge in [-0.1, -0.05) is 31.5 Å². The summed E-state index contributed by atoms with van der Waals surface area (Å²) >= 11 is 0. The van der Waals surface area contributed by atoms with Crippen LogP contribution in [0.3, 0.4) is 0 Å². The first-order valence-corrected chi connectivity index (χ1v) is 10.1. The van der Waals surface area contributed by atoms with Crippen molar-refractivity contribution in [2.75, 3.05) is 6.54 Å². The second-order valence-electron chi connectivity index (χ2n) is 6.61. The Balaban J connectivity index is 1.93. The topological polar surface area (TPSA) is 54.5 Å². The van der Waals surface area contributed by atoms with Gasteiger partial charge >= 0.3 is 0 Å². The van der Waals surface area contributed by atoms with Gasteiger partial charge in [0.1, 0.15) is 5.78 Å². The number of Topliss-reactive ketones (excluding diaryl/α,β-unsaturated/α-hetero) is 1. The summed E-state index contributed by atoms with van der Waals surface area (Å²) in [5.41, 5.74) is 0.855. The number of hydrogen-bond donors (Lipinski definition) is 0. The minimum atomic E-state index is -3.52. The van der Waals surface area contributed by atoms with Gasteiger partial charge in [0, 0.05) is 24.9 Å². The van der Waals surface area contributed by atoms with E-state index in [1.807, 2.05) is 19.1 Å². The Hall–Kier alpha value is -1.20. The van der Waals surface area contributed by atoms with Gasteiger partial charge in [-0.05, 0) is 43.7 Å². The van der Waals surface area contributed by atoms with Gasteiger partial charge in [0.2, 0.25) is 10.0 Å². The molecule has 1 aromatic rings. The van der Waals surface area contributed by atoms with Gasteiger partial charge in [0.15, 0.2) is 0 Å². The van der Waals surface area contributed by atoms with E-state index in [0.29, 0.717) is 24.3 Å². The number of carbonyl (C=O) groups is 1. The quantitative estimate of drug-likeness (QED) is 0.849. The number of nitrogens with zero attached hydrogens (tertiary/aromatic N) is 1. The second-order valence-corrected chi connectivity index (χ2v) is 8.46. The standard InChI is InChI=1S/C18H25NO3S/c1-2-14-8-3-6-12-18(14)23(21,22)19-13-7-10-16(19)15-9-4-5-11-17(15)20/h3,6,8,12,15-16H,2,4-5,7,9-11,13H2,1H3. The molecule has 0 N–H and O–H groups in total. The van der Waals surface area contributed by atoms with Crippen LogP contribution in [0.15, 0.2) is 29.2 Å². The summed E-state index contributed by atoms with van der Waals surface area (Å²) in [4.78, 5) is 12.7. The van der Waals surface area contributed by atoms with Crippen LogP contribution in [0.4, 0.5) is 0 Å². The molecule has 1 saturated heterocycles. The predicted octanol–water partition coefficient (Wildman–Crippen LogP) is 3.16. The predicted molar refractivity (Wildman–Crippen MR) is 89.7 cm³/mol. The van der Waals surface area contributed by atoms with E-state index in [1.165, 1.54) is 0 Å². The van der Waals surface area contributed by atoms with Crippen molar-refractivity contribution < 1.29 is 13.2 Å². The Morgan fingerprint density at radius 1 is 1.13 bits per heavy atom. The van der Waals surface area contributed by atoms with Crippen LogP contribution in [0.1, 0.15) is 51.0 Å². The maximum atomic E-state index is 13.2. The summed E-state index contributed by atoms with van der Waals surface area (Å²) in [5, 5.41) is 0. The first-order valence-electron chi connectivity index (χ1n) is 8.68. The van der Waals surface area contributed by atoms with Crippen LogP contribution in [-0.2, 0) is 21.2 Å². The van der Waals surface area contributed by atoms with Gasteiger partial charge in [-0.3, -0.25) is 4.79 Å². The fourth-order valence-electron chi connectivity index (χ4n) is 4.06. The number of aryl methyl sites for hydroxylation is 1. The second kappa shape index (κ2) is 6.73. The molecule has 23 heavy (non-hydrogen) atoms. The van der Waals surface area contributed by atoms with Gasteiger partial charge in [0.05, 0.1) is 4.90 Å². The minimum Gasteiger partial charge on any atom is -0.299 e. The lowest BCUT2D eigenvalue weighted by Crippen LogP contribution is -2.43. The Morgan fingerprint density at radius 2 is 1.91 bits per heavy atom. The molecule has 1 heterocycles. The number of ketones is 1. The molecule has 0 aromatic heterocycles. The van der Waals surface area contributed by atoms with Gasteiger partial charge in [0.25, 0.3) is 0 Å². The maximum absolute atomic E-state index is 13.2. The van der Waals surface area contributed by atoms with Crippen molar-refractivity contribution >= 4 is 15.8 Å². The van der Waals surface area contributed by atoms with Gasteiger partial charge in [-0.15, -0.1) is 0 Å². The van der Waals surface area contributed by atoms with Crippen LogP contribution in [-0.4, -0.2) is 31.1 Å². The highest BCUT2D eigenvalue weighted by atomic mass is 32.2. The van der Waals surface area contributed by atoms with Crippen LogP contribution in [0, 0.1) is 5.92 Å². The zero-order chi connectivity index (χ0) is 16.4.